The number of hydrogen-bond donors (Lipinski definition) is 2. The van der Waals surface area contributed by atoms with Crippen LogP contribution in [0, 0.1) is 0 Å². The Morgan fingerprint density at radius 1 is 1.12 bits per heavy atom. The van der Waals surface area contributed by atoms with Gasteiger partial charge in [-0.2, -0.15) is 0 Å². The van der Waals surface area contributed by atoms with Crippen LogP contribution in [0.15, 0.2) is 0 Å². The molecule has 0 radical (unpaired) electrons. The van der Waals surface area contributed by atoms with Crippen LogP contribution < -0.4 is 10.6 Å². The topological polar surface area (TPSA) is 36.6 Å². The Balaban J connectivity index is 1.76. The summed E-state index contributed by atoms with van der Waals surface area (Å²) in [6.07, 6.45) is 3.20. The molecule has 0 aromatic heterocycles. The maximum absolute atomic E-state index is 5.52. The molecule has 2 atom stereocenters. The van der Waals surface area contributed by atoms with E-state index in [9.17, 15) is 0 Å². The summed E-state index contributed by atoms with van der Waals surface area (Å²) in [5.74, 6) is 2.40. The van der Waals surface area contributed by atoms with Gasteiger partial charge in [-0.25, -0.2) is 0 Å². The average Bonchev–Trinajstić information content (AvgIpc) is 3.04. The lowest BCUT2D eigenvalue weighted by Crippen LogP contribution is -2.20. The first-order valence-electron chi connectivity index (χ1n) is 6.22. The van der Waals surface area contributed by atoms with E-state index < -0.39 is 0 Å². The van der Waals surface area contributed by atoms with Gasteiger partial charge in [-0.3, -0.25) is 5.32 Å². The average molecular weight is 264 g/mol. The van der Waals surface area contributed by atoms with E-state index in [0.29, 0.717) is 12.3 Å². The Morgan fingerprint density at radius 2 is 1.94 bits per heavy atom. The van der Waals surface area contributed by atoms with Gasteiger partial charge >= 0.3 is 0 Å². The zero-order valence-electron chi connectivity index (χ0n) is 10.3. The van der Waals surface area contributed by atoms with Crippen molar-refractivity contribution < 1.29 is 4.74 Å². The highest BCUT2D eigenvalue weighted by Crippen LogP contribution is 2.28. The number of epoxide rings is 1. The molecule has 0 amide bonds. The molecular weight excluding hydrogens is 240 g/mol. The SMILES string of the molecule is CCCNC1OC1CCSSCCNCC. The van der Waals surface area contributed by atoms with Crippen LogP contribution in [0.25, 0.3) is 0 Å². The summed E-state index contributed by atoms with van der Waals surface area (Å²) in [6.45, 7) is 7.60. The molecule has 0 spiro atoms. The van der Waals surface area contributed by atoms with E-state index >= 15 is 0 Å². The standard InChI is InChI=1S/C11H24N2OS2/c1-3-6-13-11-10(14-11)5-8-15-16-9-7-12-4-2/h10-13H,3-9H2,1-2H3. The van der Waals surface area contributed by atoms with Crippen molar-refractivity contribution in [2.24, 2.45) is 0 Å². The summed E-state index contributed by atoms with van der Waals surface area (Å²) in [7, 11) is 3.93. The van der Waals surface area contributed by atoms with Gasteiger partial charge in [0, 0.05) is 18.1 Å². The van der Waals surface area contributed by atoms with Crippen LogP contribution >= 0.6 is 21.6 Å². The Kier molecular flexibility index (Phi) is 8.78. The van der Waals surface area contributed by atoms with Gasteiger partial charge in [0.2, 0.25) is 0 Å². The van der Waals surface area contributed by atoms with Crippen molar-refractivity contribution in [3.63, 3.8) is 0 Å². The van der Waals surface area contributed by atoms with Crippen LogP contribution in [0.3, 0.4) is 0 Å². The van der Waals surface area contributed by atoms with E-state index in [1.807, 2.05) is 21.6 Å². The third-order valence-electron chi connectivity index (χ3n) is 2.36. The van der Waals surface area contributed by atoms with Crippen molar-refractivity contribution >= 4 is 21.6 Å². The van der Waals surface area contributed by atoms with Crippen LogP contribution in [-0.2, 0) is 4.74 Å². The summed E-state index contributed by atoms with van der Waals surface area (Å²) in [4.78, 5) is 0. The molecule has 96 valence electrons. The quantitative estimate of drug-likeness (QED) is 0.339. The molecule has 0 aromatic rings. The summed E-state index contributed by atoms with van der Waals surface area (Å²) in [6, 6.07) is 0. The minimum atomic E-state index is 0.354. The summed E-state index contributed by atoms with van der Waals surface area (Å²) < 4.78 is 5.52. The summed E-state index contributed by atoms with van der Waals surface area (Å²) >= 11 is 0. The van der Waals surface area contributed by atoms with Gasteiger partial charge in [0.25, 0.3) is 0 Å². The monoisotopic (exact) mass is 264 g/mol. The second kappa shape index (κ2) is 9.59. The molecule has 16 heavy (non-hydrogen) atoms. The maximum atomic E-state index is 5.52. The van der Waals surface area contributed by atoms with Crippen molar-refractivity contribution in [1.82, 2.24) is 10.6 Å². The van der Waals surface area contributed by atoms with Gasteiger partial charge in [0.05, 0.1) is 0 Å². The minimum Gasteiger partial charge on any atom is -0.353 e. The molecule has 0 aromatic carbocycles. The highest BCUT2D eigenvalue weighted by Gasteiger charge is 2.37. The van der Waals surface area contributed by atoms with E-state index in [4.69, 9.17) is 4.74 Å². The second-order valence-corrected chi connectivity index (χ2v) is 6.54. The largest absolute Gasteiger partial charge is 0.353 e. The Bertz CT molecular complexity index is 172. The van der Waals surface area contributed by atoms with Crippen molar-refractivity contribution in [2.75, 3.05) is 31.1 Å². The van der Waals surface area contributed by atoms with Crippen LogP contribution in [0.4, 0.5) is 0 Å². The molecule has 3 nitrogen and oxygen atoms in total. The minimum absolute atomic E-state index is 0.354. The first-order valence-corrected chi connectivity index (χ1v) is 8.71. The maximum Gasteiger partial charge on any atom is 0.135 e. The van der Waals surface area contributed by atoms with Gasteiger partial charge in [-0.15, -0.1) is 0 Å². The molecule has 1 aliphatic heterocycles. The molecule has 1 aliphatic rings. The molecule has 1 rings (SSSR count). The summed E-state index contributed by atoms with van der Waals surface area (Å²) in [5.41, 5.74) is 0. The van der Waals surface area contributed by atoms with Crippen LogP contribution in [0.1, 0.15) is 26.7 Å². The molecule has 5 heteroatoms. The van der Waals surface area contributed by atoms with E-state index in [1.165, 1.54) is 24.3 Å². The van der Waals surface area contributed by atoms with Crippen molar-refractivity contribution in [2.45, 2.75) is 39.0 Å². The lowest BCUT2D eigenvalue weighted by molar-refractivity contribution is 0.343. The van der Waals surface area contributed by atoms with E-state index in [0.717, 1.165) is 19.6 Å². The number of ether oxygens (including phenoxy) is 1. The fraction of sp³-hybridized carbons (Fsp3) is 1.00. The van der Waals surface area contributed by atoms with Crippen molar-refractivity contribution in [3.05, 3.63) is 0 Å². The molecule has 1 fully saturated rings. The van der Waals surface area contributed by atoms with Crippen LogP contribution in [0.5, 0.6) is 0 Å². The smallest absolute Gasteiger partial charge is 0.135 e. The Morgan fingerprint density at radius 3 is 2.69 bits per heavy atom. The zero-order chi connectivity index (χ0) is 11.6. The fourth-order valence-corrected chi connectivity index (χ4v) is 3.44. The predicted octanol–water partition coefficient (Wildman–Crippen LogP) is 2.09. The lowest BCUT2D eigenvalue weighted by Gasteiger charge is -2.01. The first-order chi connectivity index (χ1) is 7.88. The molecule has 2 N–H and O–H groups in total. The fourth-order valence-electron chi connectivity index (χ4n) is 1.40. The second-order valence-electron chi connectivity index (χ2n) is 3.84. The van der Waals surface area contributed by atoms with E-state index in [2.05, 4.69) is 24.5 Å². The van der Waals surface area contributed by atoms with Crippen LogP contribution in [0.2, 0.25) is 0 Å². The first kappa shape index (κ1) is 14.6. The molecule has 0 aliphatic carbocycles. The van der Waals surface area contributed by atoms with Crippen LogP contribution in [-0.4, -0.2) is 43.5 Å². The summed E-state index contributed by atoms with van der Waals surface area (Å²) in [5, 5.41) is 6.70. The number of hydrogen-bond acceptors (Lipinski definition) is 5. The predicted molar refractivity (Wildman–Crippen MR) is 75.0 cm³/mol. The highest BCUT2D eigenvalue weighted by molar-refractivity contribution is 8.76. The molecule has 2 unspecified atom stereocenters. The molecule has 0 bridgehead atoms. The molecule has 1 saturated heterocycles. The van der Waals surface area contributed by atoms with Gasteiger partial charge in [-0.1, -0.05) is 35.4 Å². The van der Waals surface area contributed by atoms with Gasteiger partial charge in [-0.05, 0) is 25.9 Å². The third-order valence-corrected chi connectivity index (χ3v) is 4.80. The molecular formula is C11H24N2OS2. The lowest BCUT2D eigenvalue weighted by atomic mass is 10.3. The van der Waals surface area contributed by atoms with E-state index in [-0.39, 0.29) is 0 Å². The van der Waals surface area contributed by atoms with Gasteiger partial charge in [0.1, 0.15) is 12.3 Å². The normalized spacial score (nSPS) is 23.6. The Hall–Kier alpha value is 0.580. The van der Waals surface area contributed by atoms with Gasteiger partial charge < -0.3 is 10.1 Å². The molecule has 1 heterocycles. The van der Waals surface area contributed by atoms with Crippen molar-refractivity contribution in [1.29, 1.82) is 0 Å². The molecule has 0 saturated carbocycles. The van der Waals surface area contributed by atoms with Gasteiger partial charge in [0.15, 0.2) is 0 Å². The third kappa shape index (κ3) is 7.01. The Labute approximate surface area is 107 Å². The van der Waals surface area contributed by atoms with E-state index in [1.54, 1.807) is 0 Å². The van der Waals surface area contributed by atoms with Crippen molar-refractivity contribution in [3.8, 4) is 0 Å². The zero-order valence-corrected chi connectivity index (χ0v) is 12.0. The highest BCUT2D eigenvalue weighted by atomic mass is 33.1. The number of nitrogens with one attached hydrogen (secondary N) is 2. The number of rotatable bonds is 11.